The number of carbonyl (C=O) groups excluding carboxylic acids is 1. The highest BCUT2D eigenvalue weighted by Gasteiger charge is 2.37. The van der Waals surface area contributed by atoms with Crippen LogP contribution in [-0.2, 0) is 16.8 Å². The van der Waals surface area contributed by atoms with Gasteiger partial charge in [-0.25, -0.2) is 0 Å². The van der Waals surface area contributed by atoms with Crippen molar-refractivity contribution in [1.29, 1.82) is 0 Å². The quantitative estimate of drug-likeness (QED) is 0.486. The molecule has 1 amide bonds. The number of hydrogen-bond acceptors (Lipinski definition) is 3. The lowest BCUT2D eigenvalue weighted by atomic mass is 9.68. The summed E-state index contributed by atoms with van der Waals surface area (Å²) < 4.78 is 5.46. The lowest BCUT2D eigenvalue weighted by Gasteiger charge is -2.41. The normalized spacial score (nSPS) is 20.2. The van der Waals surface area contributed by atoms with Crippen LogP contribution in [0.2, 0.25) is 0 Å². The van der Waals surface area contributed by atoms with Crippen molar-refractivity contribution >= 4 is 5.91 Å². The Bertz CT molecular complexity index is 1040. The summed E-state index contributed by atoms with van der Waals surface area (Å²) in [6, 6.07) is 28.1. The van der Waals surface area contributed by atoms with E-state index in [1.54, 1.807) is 14.0 Å². The van der Waals surface area contributed by atoms with Crippen LogP contribution in [0.25, 0.3) is 11.1 Å². The fourth-order valence-electron chi connectivity index (χ4n) is 4.90. The third-order valence-electron chi connectivity index (χ3n) is 6.96. The smallest absolute Gasteiger partial charge is 0.216 e. The zero-order valence-corrected chi connectivity index (χ0v) is 19.6. The number of benzene rings is 3. The zero-order chi connectivity index (χ0) is 23.1. The molecule has 0 atom stereocenters. The first-order valence-corrected chi connectivity index (χ1v) is 11.8. The van der Waals surface area contributed by atoms with E-state index in [1.165, 1.54) is 22.3 Å². The van der Waals surface area contributed by atoms with E-state index in [9.17, 15) is 4.79 Å². The Hall–Kier alpha value is -3.11. The summed E-state index contributed by atoms with van der Waals surface area (Å²) in [5, 5.41) is 6.85. The maximum Gasteiger partial charge on any atom is 0.216 e. The molecule has 0 heterocycles. The van der Waals surface area contributed by atoms with E-state index < -0.39 is 0 Å². The molecule has 1 aliphatic carbocycles. The van der Waals surface area contributed by atoms with Crippen LogP contribution in [0.1, 0.15) is 43.7 Å². The van der Waals surface area contributed by atoms with Crippen LogP contribution < -0.4 is 15.4 Å². The van der Waals surface area contributed by atoms with Gasteiger partial charge < -0.3 is 15.4 Å². The van der Waals surface area contributed by atoms with E-state index in [2.05, 4.69) is 71.3 Å². The number of amides is 1. The van der Waals surface area contributed by atoms with Gasteiger partial charge in [-0.05, 0) is 60.1 Å². The molecule has 0 aromatic heterocycles. The predicted molar refractivity (Wildman–Crippen MR) is 134 cm³/mol. The SMILES string of the molecule is COc1cccc(C2(CNC(C)=O)CCC(NCc3ccc(-c4ccccc4)cc3)CC2)c1. The molecule has 172 valence electrons. The van der Waals surface area contributed by atoms with E-state index in [-0.39, 0.29) is 11.3 Å². The average Bonchev–Trinajstić information content (AvgIpc) is 2.88. The van der Waals surface area contributed by atoms with Crippen LogP contribution in [0, 0.1) is 0 Å². The number of nitrogens with one attached hydrogen (secondary N) is 2. The fourth-order valence-corrected chi connectivity index (χ4v) is 4.90. The Morgan fingerprint density at radius 2 is 1.64 bits per heavy atom. The summed E-state index contributed by atoms with van der Waals surface area (Å²) in [6.45, 7) is 3.14. The Morgan fingerprint density at radius 1 is 0.939 bits per heavy atom. The van der Waals surface area contributed by atoms with E-state index in [0.717, 1.165) is 38.0 Å². The Labute approximate surface area is 197 Å². The largest absolute Gasteiger partial charge is 0.497 e. The summed E-state index contributed by atoms with van der Waals surface area (Å²) in [4.78, 5) is 11.7. The minimum absolute atomic E-state index is 0.0245. The van der Waals surface area contributed by atoms with Crippen LogP contribution in [0.5, 0.6) is 5.75 Å². The standard InChI is InChI=1S/C29H34N2O2/c1-22(32)31-21-29(26-9-6-10-28(19-26)33-2)17-15-27(16-18-29)30-20-23-11-13-25(14-12-23)24-7-4-3-5-8-24/h3-14,19,27,30H,15-18,20-21H2,1-2H3,(H,31,32). The summed E-state index contributed by atoms with van der Waals surface area (Å²) in [5.41, 5.74) is 5.01. The van der Waals surface area contributed by atoms with Crippen molar-refractivity contribution in [2.24, 2.45) is 0 Å². The minimum atomic E-state index is -0.0459. The van der Waals surface area contributed by atoms with Crippen LogP contribution in [0.15, 0.2) is 78.9 Å². The molecule has 3 aromatic carbocycles. The lowest BCUT2D eigenvalue weighted by Crippen LogP contribution is -2.46. The minimum Gasteiger partial charge on any atom is -0.497 e. The van der Waals surface area contributed by atoms with Gasteiger partial charge in [-0.1, -0.05) is 66.7 Å². The first-order chi connectivity index (χ1) is 16.1. The molecule has 4 nitrogen and oxygen atoms in total. The number of ether oxygens (including phenoxy) is 1. The predicted octanol–water partition coefficient (Wildman–Crippen LogP) is 5.47. The topological polar surface area (TPSA) is 50.4 Å². The number of carbonyl (C=O) groups is 1. The van der Waals surface area contributed by atoms with Crippen molar-refractivity contribution in [1.82, 2.24) is 10.6 Å². The third kappa shape index (κ3) is 5.82. The molecule has 4 rings (SSSR count). The molecule has 3 aromatic rings. The third-order valence-corrected chi connectivity index (χ3v) is 6.96. The maximum absolute atomic E-state index is 11.7. The summed E-state index contributed by atoms with van der Waals surface area (Å²) >= 11 is 0. The fraction of sp³-hybridized carbons (Fsp3) is 0.345. The molecule has 0 bridgehead atoms. The first kappa shape index (κ1) is 23.1. The van der Waals surface area contributed by atoms with Crippen LogP contribution in [0.4, 0.5) is 0 Å². The highest BCUT2D eigenvalue weighted by atomic mass is 16.5. The van der Waals surface area contributed by atoms with Crippen molar-refractivity contribution in [3.63, 3.8) is 0 Å². The van der Waals surface area contributed by atoms with Gasteiger partial charge in [0.05, 0.1) is 7.11 Å². The molecule has 2 N–H and O–H groups in total. The van der Waals surface area contributed by atoms with Gasteiger partial charge in [-0.3, -0.25) is 4.79 Å². The van der Waals surface area contributed by atoms with E-state index in [1.807, 2.05) is 18.2 Å². The van der Waals surface area contributed by atoms with Crippen LogP contribution in [-0.4, -0.2) is 25.6 Å². The average molecular weight is 443 g/mol. The number of rotatable bonds is 8. The van der Waals surface area contributed by atoms with Crippen molar-refractivity contribution in [2.75, 3.05) is 13.7 Å². The van der Waals surface area contributed by atoms with Gasteiger partial charge in [0.15, 0.2) is 0 Å². The van der Waals surface area contributed by atoms with Crippen LogP contribution >= 0.6 is 0 Å². The Kier molecular flexibility index (Phi) is 7.46. The van der Waals surface area contributed by atoms with Crippen molar-refractivity contribution in [3.8, 4) is 16.9 Å². The molecular formula is C29H34N2O2. The Balaban J connectivity index is 1.37. The van der Waals surface area contributed by atoms with Gasteiger partial charge in [0.1, 0.15) is 5.75 Å². The Morgan fingerprint density at radius 3 is 2.30 bits per heavy atom. The van der Waals surface area contributed by atoms with E-state index in [0.29, 0.717) is 12.6 Å². The highest BCUT2D eigenvalue weighted by molar-refractivity contribution is 5.73. The molecule has 0 radical (unpaired) electrons. The second-order valence-corrected chi connectivity index (χ2v) is 9.14. The second-order valence-electron chi connectivity index (χ2n) is 9.14. The number of methoxy groups -OCH3 is 1. The lowest BCUT2D eigenvalue weighted by molar-refractivity contribution is -0.119. The van der Waals surface area contributed by atoms with Crippen molar-refractivity contribution in [2.45, 2.75) is 50.6 Å². The first-order valence-electron chi connectivity index (χ1n) is 11.8. The molecular weight excluding hydrogens is 408 g/mol. The molecule has 0 saturated heterocycles. The molecule has 0 aliphatic heterocycles. The van der Waals surface area contributed by atoms with Gasteiger partial charge in [-0.15, -0.1) is 0 Å². The molecule has 1 fully saturated rings. The van der Waals surface area contributed by atoms with E-state index >= 15 is 0 Å². The molecule has 33 heavy (non-hydrogen) atoms. The van der Waals surface area contributed by atoms with Gasteiger partial charge in [-0.2, -0.15) is 0 Å². The van der Waals surface area contributed by atoms with Crippen LogP contribution in [0.3, 0.4) is 0 Å². The zero-order valence-electron chi connectivity index (χ0n) is 19.6. The van der Waals surface area contributed by atoms with Crippen molar-refractivity contribution < 1.29 is 9.53 Å². The molecule has 0 unspecified atom stereocenters. The summed E-state index contributed by atoms with van der Waals surface area (Å²) in [5.74, 6) is 0.894. The summed E-state index contributed by atoms with van der Waals surface area (Å²) in [6.07, 6.45) is 4.23. The van der Waals surface area contributed by atoms with Gasteiger partial charge >= 0.3 is 0 Å². The maximum atomic E-state index is 11.7. The molecule has 1 saturated carbocycles. The molecule has 4 heteroatoms. The molecule has 1 aliphatic rings. The molecule has 0 spiro atoms. The number of hydrogen-bond donors (Lipinski definition) is 2. The highest BCUT2D eigenvalue weighted by Crippen LogP contribution is 2.40. The van der Waals surface area contributed by atoms with Gasteiger partial charge in [0, 0.05) is 31.5 Å². The van der Waals surface area contributed by atoms with E-state index in [4.69, 9.17) is 4.74 Å². The monoisotopic (exact) mass is 442 g/mol. The van der Waals surface area contributed by atoms with Gasteiger partial charge in [0.2, 0.25) is 5.91 Å². The second kappa shape index (κ2) is 10.7. The van der Waals surface area contributed by atoms with Gasteiger partial charge in [0.25, 0.3) is 0 Å². The van der Waals surface area contributed by atoms with Crippen molar-refractivity contribution in [3.05, 3.63) is 90.0 Å². The summed E-state index contributed by atoms with van der Waals surface area (Å²) in [7, 11) is 1.70.